The number of hydrogen-bond acceptors (Lipinski definition) is 2. The van der Waals surface area contributed by atoms with Gasteiger partial charge in [-0.25, -0.2) is 4.39 Å². The van der Waals surface area contributed by atoms with Crippen LogP contribution in [-0.4, -0.2) is 6.04 Å². The third kappa shape index (κ3) is 3.16. The number of hydrogen-bond donors (Lipinski definition) is 1. The Hall–Kier alpha value is -1.46. The molecule has 0 bridgehead atoms. The number of benzene rings is 2. The molecule has 2 N–H and O–H groups in total. The van der Waals surface area contributed by atoms with E-state index >= 15 is 0 Å². The van der Waals surface area contributed by atoms with Gasteiger partial charge in [-0.3, -0.25) is 0 Å². The lowest BCUT2D eigenvalue weighted by molar-refractivity contribution is 0.170. The van der Waals surface area contributed by atoms with Gasteiger partial charge in [-0.2, -0.15) is 4.39 Å². The predicted molar refractivity (Wildman–Crippen MR) is 77.5 cm³/mol. The molecule has 0 aliphatic heterocycles. The largest absolute Gasteiger partial charge is 0.481 e. The third-order valence-electron chi connectivity index (χ3n) is 2.86. The van der Waals surface area contributed by atoms with Gasteiger partial charge in [0.2, 0.25) is 5.82 Å². The maximum absolute atomic E-state index is 13.7. The maximum atomic E-state index is 13.7. The average Bonchev–Trinajstić information content (AvgIpc) is 2.41. The summed E-state index contributed by atoms with van der Waals surface area (Å²) >= 11 is 3.41. The Labute approximate surface area is 124 Å². The van der Waals surface area contributed by atoms with Crippen molar-refractivity contribution in [2.45, 2.75) is 19.1 Å². The minimum atomic E-state index is -1.01. The maximum Gasteiger partial charge on any atom is 0.200 e. The summed E-state index contributed by atoms with van der Waals surface area (Å²) in [5.41, 5.74) is 6.69. The van der Waals surface area contributed by atoms with E-state index < -0.39 is 23.8 Å². The molecule has 0 amide bonds. The van der Waals surface area contributed by atoms with Crippen molar-refractivity contribution in [1.82, 2.24) is 0 Å². The van der Waals surface area contributed by atoms with Crippen LogP contribution in [0.3, 0.4) is 0 Å². The number of halogens is 3. The fourth-order valence-electron chi connectivity index (χ4n) is 1.87. The Morgan fingerprint density at radius 1 is 1.10 bits per heavy atom. The predicted octanol–water partition coefficient (Wildman–Crippen LogP) is 4.19. The van der Waals surface area contributed by atoms with Crippen LogP contribution in [-0.2, 0) is 0 Å². The Bertz CT molecular complexity index is 604. The van der Waals surface area contributed by atoms with Gasteiger partial charge in [0, 0.05) is 16.1 Å². The molecule has 2 nitrogen and oxygen atoms in total. The highest BCUT2D eigenvalue weighted by Gasteiger charge is 2.22. The van der Waals surface area contributed by atoms with E-state index in [0.717, 1.165) is 16.1 Å². The molecule has 0 aliphatic rings. The zero-order valence-electron chi connectivity index (χ0n) is 10.8. The average molecular weight is 342 g/mol. The second-order valence-electron chi connectivity index (χ2n) is 4.47. The van der Waals surface area contributed by atoms with Gasteiger partial charge in [-0.15, -0.1) is 0 Å². The van der Waals surface area contributed by atoms with Crippen molar-refractivity contribution in [3.8, 4) is 5.75 Å². The lowest BCUT2D eigenvalue weighted by Gasteiger charge is -2.24. The van der Waals surface area contributed by atoms with Gasteiger partial charge in [0.25, 0.3) is 0 Å². The topological polar surface area (TPSA) is 35.2 Å². The number of rotatable bonds is 4. The molecule has 0 heterocycles. The van der Waals surface area contributed by atoms with Crippen molar-refractivity contribution in [2.24, 2.45) is 5.73 Å². The molecule has 5 heteroatoms. The molecule has 0 spiro atoms. The standard InChI is InChI=1S/C15H14BrF2NO/c1-9(19)15(10-5-2-3-6-11(10)16)20-13-8-4-7-12(17)14(13)18/h2-9,15H,19H2,1H3. The first kappa shape index (κ1) is 14.9. The normalized spacial score (nSPS) is 13.8. The smallest absolute Gasteiger partial charge is 0.200 e. The van der Waals surface area contributed by atoms with E-state index in [1.807, 2.05) is 24.3 Å². The number of ether oxygens (including phenoxy) is 1. The van der Waals surface area contributed by atoms with Gasteiger partial charge in [-0.05, 0) is 25.1 Å². The van der Waals surface area contributed by atoms with Gasteiger partial charge in [0.15, 0.2) is 11.6 Å². The molecule has 0 aromatic heterocycles. The minimum absolute atomic E-state index is 0.150. The first-order chi connectivity index (χ1) is 9.50. The van der Waals surface area contributed by atoms with Gasteiger partial charge >= 0.3 is 0 Å². The molecule has 0 saturated carbocycles. The van der Waals surface area contributed by atoms with Crippen molar-refractivity contribution in [3.05, 3.63) is 64.1 Å². The highest BCUT2D eigenvalue weighted by molar-refractivity contribution is 9.10. The summed E-state index contributed by atoms with van der Waals surface area (Å²) in [4.78, 5) is 0. The van der Waals surface area contributed by atoms with Crippen LogP contribution < -0.4 is 10.5 Å². The first-order valence-corrected chi connectivity index (χ1v) is 6.90. The molecule has 2 unspecified atom stereocenters. The first-order valence-electron chi connectivity index (χ1n) is 6.11. The van der Waals surface area contributed by atoms with E-state index in [0.29, 0.717) is 0 Å². The molecule has 2 aromatic rings. The molecule has 2 aromatic carbocycles. The monoisotopic (exact) mass is 341 g/mol. The molecule has 106 valence electrons. The Kier molecular flexibility index (Phi) is 4.73. The van der Waals surface area contributed by atoms with Crippen LogP contribution >= 0.6 is 15.9 Å². The lowest BCUT2D eigenvalue weighted by Crippen LogP contribution is -2.29. The van der Waals surface area contributed by atoms with Crippen LogP contribution in [0.1, 0.15) is 18.6 Å². The van der Waals surface area contributed by atoms with Crippen LogP contribution in [0.15, 0.2) is 46.9 Å². The molecule has 2 atom stereocenters. The fourth-order valence-corrected chi connectivity index (χ4v) is 2.38. The Morgan fingerprint density at radius 2 is 1.80 bits per heavy atom. The molecular weight excluding hydrogens is 328 g/mol. The quantitative estimate of drug-likeness (QED) is 0.904. The summed E-state index contributed by atoms with van der Waals surface area (Å²) < 4.78 is 33.3. The molecule has 2 rings (SSSR count). The van der Waals surface area contributed by atoms with E-state index in [1.54, 1.807) is 6.92 Å². The Balaban J connectivity index is 2.36. The molecule has 20 heavy (non-hydrogen) atoms. The van der Waals surface area contributed by atoms with E-state index in [9.17, 15) is 8.78 Å². The van der Waals surface area contributed by atoms with Crippen molar-refractivity contribution < 1.29 is 13.5 Å². The van der Waals surface area contributed by atoms with E-state index in [2.05, 4.69) is 15.9 Å². The second-order valence-corrected chi connectivity index (χ2v) is 5.33. The molecule has 0 aliphatic carbocycles. The summed E-state index contributed by atoms with van der Waals surface area (Å²) in [6, 6.07) is 10.8. The summed E-state index contributed by atoms with van der Waals surface area (Å²) in [5.74, 6) is -2.11. The molecular formula is C15H14BrF2NO. The lowest BCUT2D eigenvalue weighted by atomic mass is 10.0. The van der Waals surface area contributed by atoms with Gasteiger partial charge in [0.05, 0.1) is 0 Å². The van der Waals surface area contributed by atoms with Gasteiger partial charge in [0.1, 0.15) is 6.10 Å². The van der Waals surface area contributed by atoms with Crippen molar-refractivity contribution >= 4 is 15.9 Å². The third-order valence-corrected chi connectivity index (χ3v) is 3.58. The van der Waals surface area contributed by atoms with Crippen LogP contribution in [0.25, 0.3) is 0 Å². The van der Waals surface area contributed by atoms with Gasteiger partial charge < -0.3 is 10.5 Å². The minimum Gasteiger partial charge on any atom is -0.481 e. The summed E-state index contributed by atoms with van der Waals surface area (Å²) in [5, 5.41) is 0. The van der Waals surface area contributed by atoms with Crippen molar-refractivity contribution in [1.29, 1.82) is 0 Å². The fraction of sp³-hybridized carbons (Fsp3) is 0.200. The van der Waals surface area contributed by atoms with Crippen LogP contribution in [0, 0.1) is 11.6 Å². The summed E-state index contributed by atoms with van der Waals surface area (Å²) in [6.07, 6.45) is -0.582. The number of nitrogens with two attached hydrogens (primary N) is 1. The van der Waals surface area contributed by atoms with E-state index in [4.69, 9.17) is 10.5 Å². The van der Waals surface area contributed by atoms with Gasteiger partial charge in [-0.1, -0.05) is 40.2 Å². The van der Waals surface area contributed by atoms with Crippen molar-refractivity contribution in [2.75, 3.05) is 0 Å². The van der Waals surface area contributed by atoms with Crippen LogP contribution in [0.2, 0.25) is 0 Å². The SMILES string of the molecule is CC(N)C(Oc1cccc(F)c1F)c1ccccc1Br. The zero-order chi connectivity index (χ0) is 14.7. The zero-order valence-corrected chi connectivity index (χ0v) is 12.4. The summed E-state index contributed by atoms with van der Waals surface area (Å²) in [7, 11) is 0. The summed E-state index contributed by atoms with van der Waals surface area (Å²) in [6.45, 7) is 1.75. The Morgan fingerprint density at radius 3 is 2.45 bits per heavy atom. The van der Waals surface area contributed by atoms with Crippen LogP contribution in [0.5, 0.6) is 5.75 Å². The van der Waals surface area contributed by atoms with Crippen LogP contribution in [0.4, 0.5) is 8.78 Å². The van der Waals surface area contributed by atoms with Crippen molar-refractivity contribution in [3.63, 3.8) is 0 Å². The highest BCUT2D eigenvalue weighted by atomic mass is 79.9. The second kappa shape index (κ2) is 6.33. The van der Waals surface area contributed by atoms with E-state index in [-0.39, 0.29) is 5.75 Å². The molecule has 0 radical (unpaired) electrons. The van der Waals surface area contributed by atoms with E-state index in [1.165, 1.54) is 12.1 Å². The molecule has 0 fully saturated rings. The molecule has 0 saturated heterocycles. The highest BCUT2D eigenvalue weighted by Crippen LogP contribution is 2.31.